The van der Waals surface area contributed by atoms with Gasteiger partial charge in [0.15, 0.2) is 0 Å². The zero-order valence-electron chi connectivity index (χ0n) is 16.7. The van der Waals surface area contributed by atoms with Gasteiger partial charge in [-0.15, -0.1) is 0 Å². The Hall–Kier alpha value is -1.43. The Morgan fingerprint density at radius 3 is 2.56 bits per heavy atom. The summed E-state index contributed by atoms with van der Waals surface area (Å²) in [4.78, 5) is 16.3. The summed E-state index contributed by atoms with van der Waals surface area (Å²) in [7, 11) is 0. The maximum absolute atomic E-state index is 11.1. The lowest BCUT2D eigenvalue weighted by Gasteiger charge is -2.43. The van der Waals surface area contributed by atoms with Gasteiger partial charge in [-0.1, -0.05) is 31.4 Å². The van der Waals surface area contributed by atoms with Crippen LogP contribution < -0.4 is 5.32 Å². The van der Waals surface area contributed by atoms with Crippen LogP contribution >= 0.6 is 0 Å². The van der Waals surface area contributed by atoms with E-state index in [4.69, 9.17) is 0 Å². The van der Waals surface area contributed by atoms with E-state index in [1.165, 1.54) is 51.1 Å². The topological polar surface area (TPSA) is 55.8 Å². The second-order valence-electron chi connectivity index (χ2n) is 8.28. The number of benzene rings is 1. The van der Waals surface area contributed by atoms with Crippen molar-refractivity contribution in [1.29, 1.82) is 0 Å². The molecule has 150 valence electrons. The van der Waals surface area contributed by atoms with E-state index < -0.39 is 0 Å². The summed E-state index contributed by atoms with van der Waals surface area (Å²) in [5.74, 6) is 0.816. The summed E-state index contributed by atoms with van der Waals surface area (Å²) in [6.45, 7) is 7.16. The van der Waals surface area contributed by atoms with Crippen LogP contribution in [-0.2, 0) is 11.3 Å². The summed E-state index contributed by atoms with van der Waals surface area (Å²) >= 11 is 0. The van der Waals surface area contributed by atoms with Crippen LogP contribution in [0.3, 0.4) is 0 Å². The first-order valence-electron chi connectivity index (χ1n) is 10.6. The van der Waals surface area contributed by atoms with E-state index in [1.807, 2.05) is 12.1 Å². The second kappa shape index (κ2) is 10.2. The quantitative estimate of drug-likeness (QED) is 0.771. The van der Waals surface area contributed by atoms with Gasteiger partial charge in [0, 0.05) is 58.0 Å². The predicted molar refractivity (Wildman–Crippen MR) is 110 cm³/mol. The van der Waals surface area contributed by atoms with Crippen molar-refractivity contribution in [2.75, 3.05) is 38.1 Å². The molecule has 1 aromatic carbocycles. The zero-order valence-corrected chi connectivity index (χ0v) is 16.7. The lowest BCUT2D eigenvalue weighted by molar-refractivity contribution is -0.114. The fraction of sp³-hybridized carbons (Fsp3) is 0.682. The number of rotatable bonds is 7. The largest absolute Gasteiger partial charge is 0.396 e. The molecule has 0 aromatic heterocycles. The third-order valence-corrected chi connectivity index (χ3v) is 6.05. The molecule has 0 spiro atoms. The molecule has 1 aliphatic heterocycles. The minimum Gasteiger partial charge on any atom is -0.396 e. The molecule has 1 heterocycles. The average Bonchev–Trinajstić information content (AvgIpc) is 2.66. The highest BCUT2D eigenvalue weighted by Crippen LogP contribution is 2.26. The van der Waals surface area contributed by atoms with Gasteiger partial charge in [-0.2, -0.15) is 0 Å². The van der Waals surface area contributed by atoms with E-state index in [9.17, 15) is 9.90 Å². The number of aliphatic hydroxyl groups excluding tert-OH is 1. The van der Waals surface area contributed by atoms with Gasteiger partial charge in [0.05, 0.1) is 0 Å². The molecule has 27 heavy (non-hydrogen) atoms. The van der Waals surface area contributed by atoms with Gasteiger partial charge in [0.1, 0.15) is 0 Å². The van der Waals surface area contributed by atoms with E-state index in [0.29, 0.717) is 6.04 Å². The Labute approximate surface area is 163 Å². The maximum atomic E-state index is 11.1. The molecular formula is C22H35N3O2. The molecule has 1 amide bonds. The number of nitrogens with zero attached hydrogens (tertiary/aromatic N) is 2. The molecule has 2 fully saturated rings. The van der Waals surface area contributed by atoms with E-state index >= 15 is 0 Å². The Balaban J connectivity index is 1.53. The number of hydrogen-bond donors (Lipinski definition) is 2. The van der Waals surface area contributed by atoms with Gasteiger partial charge in [0.2, 0.25) is 5.91 Å². The van der Waals surface area contributed by atoms with E-state index in [1.54, 1.807) is 0 Å². The normalized spacial score (nSPS) is 22.7. The van der Waals surface area contributed by atoms with Crippen molar-refractivity contribution < 1.29 is 9.90 Å². The number of amides is 1. The summed E-state index contributed by atoms with van der Waals surface area (Å²) in [6, 6.07) is 8.61. The van der Waals surface area contributed by atoms with E-state index in [-0.39, 0.29) is 12.5 Å². The minimum atomic E-state index is -0.0383. The Kier molecular flexibility index (Phi) is 7.68. The molecule has 1 saturated carbocycles. The highest BCUT2D eigenvalue weighted by molar-refractivity contribution is 5.88. The van der Waals surface area contributed by atoms with Crippen LogP contribution in [0.2, 0.25) is 0 Å². The third-order valence-electron chi connectivity index (χ3n) is 6.05. The van der Waals surface area contributed by atoms with Gasteiger partial charge in [-0.05, 0) is 42.9 Å². The molecule has 1 saturated heterocycles. The number of carbonyl (C=O) groups is 1. The molecule has 1 atom stereocenters. The van der Waals surface area contributed by atoms with Crippen molar-refractivity contribution in [2.45, 2.75) is 58.0 Å². The van der Waals surface area contributed by atoms with Crippen molar-refractivity contribution in [3.05, 3.63) is 29.8 Å². The summed E-state index contributed by atoms with van der Waals surface area (Å²) < 4.78 is 0. The molecule has 2 N–H and O–H groups in total. The highest BCUT2D eigenvalue weighted by atomic mass is 16.3. The predicted octanol–water partition coefficient (Wildman–Crippen LogP) is 3.09. The number of piperazine rings is 1. The smallest absolute Gasteiger partial charge is 0.221 e. The van der Waals surface area contributed by atoms with Crippen molar-refractivity contribution in [3.8, 4) is 0 Å². The van der Waals surface area contributed by atoms with Gasteiger partial charge in [-0.3, -0.25) is 14.6 Å². The molecule has 1 aliphatic carbocycles. The molecule has 0 radical (unpaired) electrons. The van der Waals surface area contributed by atoms with Crippen molar-refractivity contribution in [3.63, 3.8) is 0 Å². The summed E-state index contributed by atoms with van der Waals surface area (Å²) in [6.07, 6.45) is 7.82. The van der Waals surface area contributed by atoms with Gasteiger partial charge >= 0.3 is 0 Å². The maximum Gasteiger partial charge on any atom is 0.221 e. The van der Waals surface area contributed by atoms with Gasteiger partial charge in [-0.25, -0.2) is 0 Å². The van der Waals surface area contributed by atoms with Crippen molar-refractivity contribution >= 4 is 11.6 Å². The lowest BCUT2D eigenvalue weighted by atomic mass is 9.88. The molecule has 3 rings (SSSR count). The third kappa shape index (κ3) is 6.30. The molecule has 0 bridgehead atoms. The average molecular weight is 374 g/mol. The zero-order chi connectivity index (χ0) is 19.1. The summed E-state index contributed by atoms with van der Waals surface area (Å²) in [5.41, 5.74) is 2.12. The van der Waals surface area contributed by atoms with Crippen LogP contribution in [0.25, 0.3) is 0 Å². The number of hydrogen-bond acceptors (Lipinski definition) is 4. The van der Waals surface area contributed by atoms with Crippen LogP contribution in [0.15, 0.2) is 24.3 Å². The van der Waals surface area contributed by atoms with Crippen LogP contribution in [-0.4, -0.2) is 59.6 Å². The molecule has 0 unspecified atom stereocenters. The SMILES string of the molecule is CC(=O)Nc1ccc(CN2CCN(CC3CCCCC3)[C@@H](CCO)C2)cc1. The number of carbonyl (C=O) groups excluding carboxylic acids is 1. The number of anilines is 1. The van der Waals surface area contributed by atoms with E-state index in [2.05, 4.69) is 27.2 Å². The van der Waals surface area contributed by atoms with E-state index in [0.717, 1.165) is 44.2 Å². The molecule has 5 nitrogen and oxygen atoms in total. The molecule has 1 aromatic rings. The Morgan fingerprint density at radius 2 is 1.89 bits per heavy atom. The van der Waals surface area contributed by atoms with Gasteiger partial charge in [0.25, 0.3) is 0 Å². The van der Waals surface area contributed by atoms with Crippen molar-refractivity contribution in [2.24, 2.45) is 5.92 Å². The molecule has 5 heteroatoms. The fourth-order valence-electron chi connectivity index (χ4n) is 4.62. The van der Waals surface area contributed by atoms with Crippen LogP contribution in [0.1, 0.15) is 51.0 Å². The van der Waals surface area contributed by atoms with Crippen LogP contribution in [0.5, 0.6) is 0 Å². The molecule has 2 aliphatic rings. The van der Waals surface area contributed by atoms with Crippen LogP contribution in [0, 0.1) is 5.92 Å². The lowest BCUT2D eigenvalue weighted by Crippen LogP contribution is -2.54. The monoisotopic (exact) mass is 373 g/mol. The van der Waals surface area contributed by atoms with Crippen molar-refractivity contribution in [1.82, 2.24) is 9.80 Å². The van der Waals surface area contributed by atoms with Gasteiger partial charge < -0.3 is 10.4 Å². The first-order valence-corrected chi connectivity index (χ1v) is 10.6. The highest BCUT2D eigenvalue weighted by Gasteiger charge is 2.28. The standard InChI is InChI=1S/C22H35N3O2/c1-18(27)23-21-9-7-20(8-10-21)15-24-12-13-25(22(17-24)11-14-26)16-19-5-3-2-4-6-19/h7-10,19,22,26H,2-6,11-17H2,1H3,(H,23,27)/t22-/m0/s1. The summed E-state index contributed by atoms with van der Waals surface area (Å²) in [5, 5.41) is 12.4. The fourth-order valence-corrected chi connectivity index (χ4v) is 4.62. The first kappa shape index (κ1) is 20.3. The number of nitrogens with one attached hydrogen (secondary N) is 1. The number of aliphatic hydroxyl groups is 1. The first-order chi connectivity index (χ1) is 13.1. The second-order valence-corrected chi connectivity index (χ2v) is 8.28. The Bertz CT molecular complexity index is 584. The van der Waals surface area contributed by atoms with Crippen LogP contribution in [0.4, 0.5) is 5.69 Å². The molecular weight excluding hydrogens is 338 g/mol. The Morgan fingerprint density at radius 1 is 1.15 bits per heavy atom. The minimum absolute atomic E-state index is 0.0383.